The number of hydrogen-bond donors (Lipinski definition) is 0. The molecule has 1 aromatic carbocycles. The molecule has 0 spiro atoms. The van der Waals surface area contributed by atoms with E-state index in [4.69, 9.17) is 4.74 Å². The second-order valence-electron chi connectivity index (χ2n) is 6.00. The number of ketones is 1. The number of Topliss-reactive ketones (excluding diaryl/α,β-unsaturated/α-hetero) is 1. The van der Waals surface area contributed by atoms with Gasteiger partial charge in [0.15, 0.2) is 0 Å². The van der Waals surface area contributed by atoms with Gasteiger partial charge in [-0.3, -0.25) is 4.79 Å². The summed E-state index contributed by atoms with van der Waals surface area (Å²) in [6.07, 6.45) is 4.56. The van der Waals surface area contributed by atoms with Crippen molar-refractivity contribution in [2.45, 2.75) is 26.2 Å². The van der Waals surface area contributed by atoms with E-state index in [9.17, 15) is 4.79 Å². The van der Waals surface area contributed by atoms with Crippen LogP contribution < -0.4 is 0 Å². The molecule has 1 saturated heterocycles. The molecule has 1 aliphatic heterocycles. The van der Waals surface area contributed by atoms with Crippen LogP contribution in [0.1, 0.15) is 31.7 Å². The highest BCUT2D eigenvalue weighted by molar-refractivity contribution is 5.82. The summed E-state index contributed by atoms with van der Waals surface area (Å²) in [4.78, 5) is 12.0. The number of fused-ring (bicyclic) bond motifs is 1. The van der Waals surface area contributed by atoms with Crippen molar-refractivity contribution in [1.82, 2.24) is 0 Å². The van der Waals surface area contributed by atoms with Crippen molar-refractivity contribution in [1.29, 1.82) is 0 Å². The molecule has 1 aliphatic carbocycles. The third kappa shape index (κ3) is 2.50. The summed E-state index contributed by atoms with van der Waals surface area (Å²) in [5, 5.41) is 0. The highest BCUT2D eigenvalue weighted by Crippen LogP contribution is 2.42. The molecule has 0 aromatic heterocycles. The topological polar surface area (TPSA) is 26.3 Å². The van der Waals surface area contributed by atoms with E-state index in [0.29, 0.717) is 24.5 Å². The average molecular weight is 256 g/mol. The van der Waals surface area contributed by atoms with Crippen molar-refractivity contribution in [2.75, 3.05) is 13.2 Å². The predicted molar refractivity (Wildman–Crippen MR) is 75.7 cm³/mol. The van der Waals surface area contributed by atoms with E-state index < -0.39 is 0 Å². The van der Waals surface area contributed by atoms with E-state index in [1.165, 1.54) is 11.1 Å². The van der Waals surface area contributed by atoms with Crippen LogP contribution >= 0.6 is 0 Å². The number of hydrogen-bond acceptors (Lipinski definition) is 2. The molecule has 2 nitrogen and oxygen atoms in total. The molecule has 0 N–H and O–H groups in total. The minimum Gasteiger partial charge on any atom is -0.380 e. The molecule has 1 fully saturated rings. The van der Waals surface area contributed by atoms with Gasteiger partial charge in [-0.2, -0.15) is 0 Å². The molecule has 19 heavy (non-hydrogen) atoms. The molecular weight excluding hydrogens is 236 g/mol. The monoisotopic (exact) mass is 256 g/mol. The van der Waals surface area contributed by atoms with Crippen LogP contribution in [0.15, 0.2) is 36.4 Å². The van der Waals surface area contributed by atoms with Gasteiger partial charge in [0.1, 0.15) is 5.78 Å². The maximum absolute atomic E-state index is 12.0. The van der Waals surface area contributed by atoms with Crippen molar-refractivity contribution in [3.05, 3.63) is 42.0 Å². The van der Waals surface area contributed by atoms with Crippen LogP contribution in [0.5, 0.6) is 0 Å². The van der Waals surface area contributed by atoms with Crippen molar-refractivity contribution in [3.8, 4) is 0 Å². The van der Waals surface area contributed by atoms with Gasteiger partial charge < -0.3 is 4.74 Å². The Morgan fingerprint density at radius 3 is 2.79 bits per heavy atom. The number of carbonyl (C=O) groups excluding carboxylic acids is 1. The SMILES string of the molecule is C[C@]12/C=C(/c3ccccc3)CCC(=O)C[C@H]1COC2. The lowest BCUT2D eigenvalue weighted by Gasteiger charge is -2.29. The van der Waals surface area contributed by atoms with Gasteiger partial charge in [0.2, 0.25) is 0 Å². The van der Waals surface area contributed by atoms with Crippen molar-refractivity contribution in [2.24, 2.45) is 11.3 Å². The second-order valence-corrected chi connectivity index (χ2v) is 6.00. The Hall–Kier alpha value is -1.41. The lowest BCUT2D eigenvalue weighted by molar-refractivity contribution is -0.120. The van der Waals surface area contributed by atoms with Gasteiger partial charge in [0, 0.05) is 24.2 Å². The molecule has 2 atom stereocenters. The van der Waals surface area contributed by atoms with Crippen molar-refractivity contribution in [3.63, 3.8) is 0 Å². The fraction of sp³-hybridized carbons (Fsp3) is 0.471. The predicted octanol–water partition coefficient (Wildman–Crippen LogP) is 3.48. The third-order valence-corrected chi connectivity index (χ3v) is 4.46. The van der Waals surface area contributed by atoms with Gasteiger partial charge in [0.25, 0.3) is 0 Å². The van der Waals surface area contributed by atoms with Crippen LogP contribution in [0.3, 0.4) is 0 Å². The first-order valence-corrected chi connectivity index (χ1v) is 7.04. The van der Waals surface area contributed by atoms with Crippen LogP contribution in [-0.4, -0.2) is 19.0 Å². The Bertz CT molecular complexity index is 503. The number of benzene rings is 1. The average Bonchev–Trinajstić information content (AvgIpc) is 2.75. The summed E-state index contributed by atoms with van der Waals surface area (Å²) in [7, 11) is 0. The molecule has 100 valence electrons. The quantitative estimate of drug-likeness (QED) is 0.769. The Morgan fingerprint density at radius 1 is 1.21 bits per heavy atom. The van der Waals surface area contributed by atoms with E-state index >= 15 is 0 Å². The maximum Gasteiger partial charge on any atom is 0.133 e. The van der Waals surface area contributed by atoms with E-state index in [1.54, 1.807) is 0 Å². The first kappa shape index (κ1) is 12.6. The summed E-state index contributed by atoms with van der Waals surface area (Å²) in [5.41, 5.74) is 2.55. The molecule has 0 unspecified atom stereocenters. The number of carbonyl (C=O) groups is 1. The van der Waals surface area contributed by atoms with Gasteiger partial charge in [-0.05, 0) is 17.6 Å². The minimum atomic E-state index is 0.0151. The molecule has 0 saturated carbocycles. The Kier molecular flexibility index (Phi) is 3.28. The highest BCUT2D eigenvalue weighted by atomic mass is 16.5. The van der Waals surface area contributed by atoms with Crippen LogP contribution in [0, 0.1) is 11.3 Å². The van der Waals surface area contributed by atoms with Crippen molar-refractivity contribution >= 4 is 11.4 Å². The summed E-state index contributed by atoms with van der Waals surface area (Å²) in [6.45, 7) is 3.69. The van der Waals surface area contributed by atoms with Gasteiger partial charge >= 0.3 is 0 Å². The smallest absolute Gasteiger partial charge is 0.133 e. The first-order valence-electron chi connectivity index (χ1n) is 7.04. The fourth-order valence-electron chi connectivity index (χ4n) is 3.18. The van der Waals surface area contributed by atoms with E-state index in [-0.39, 0.29) is 5.41 Å². The summed E-state index contributed by atoms with van der Waals surface area (Å²) in [6, 6.07) is 10.4. The summed E-state index contributed by atoms with van der Waals surface area (Å²) in [5.74, 6) is 0.724. The Morgan fingerprint density at radius 2 is 2.00 bits per heavy atom. The lowest BCUT2D eigenvalue weighted by atomic mass is 9.73. The maximum atomic E-state index is 12.0. The number of ether oxygens (including phenoxy) is 1. The van der Waals surface area contributed by atoms with Crippen LogP contribution in [-0.2, 0) is 9.53 Å². The molecular formula is C17H20O2. The zero-order valence-corrected chi connectivity index (χ0v) is 11.4. The van der Waals surface area contributed by atoms with Crippen molar-refractivity contribution < 1.29 is 9.53 Å². The first-order chi connectivity index (χ1) is 9.17. The summed E-state index contributed by atoms with van der Waals surface area (Å²) >= 11 is 0. The van der Waals surface area contributed by atoms with Crippen LogP contribution in [0.2, 0.25) is 0 Å². The lowest BCUT2D eigenvalue weighted by Crippen LogP contribution is -2.27. The molecule has 0 amide bonds. The zero-order valence-electron chi connectivity index (χ0n) is 11.4. The third-order valence-electron chi connectivity index (χ3n) is 4.46. The minimum absolute atomic E-state index is 0.0151. The normalized spacial score (nSPS) is 34.1. The zero-order chi connectivity index (χ0) is 13.3. The molecule has 0 radical (unpaired) electrons. The van der Waals surface area contributed by atoms with Crippen LogP contribution in [0.4, 0.5) is 0 Å². The van der Waals surface area contributed by atoms with Gasteiger partial charge in [-0.1, -0.05) is 43.3 Å². The van der Waals surface area contributed by atoms with E-state index in [1.807, 2.05) is 6.07 Å². The Labute approximate surface area is 114 Å². The molecule has 1 aromatic rings. The molecule has 1 heterocycles. The van der Waals surface area contributed by atoms with Gasteiger partial charge in [-0.15, -0.1) is 0 Å². The highest BCUT2D eigenvalue weighted by Gasteiger charge is 2.40. The fourth-order valence-corrected chi connectivity index (χ4v) is 3.18. The summed E-state index contributed by atoms with van der Waals surface area (Å²) < 4.78 is 5.64. The largest absolute Gasteiger partial charge is 0.380 e. The Balaban J connectivity index is 2.00. The molecule has 2 heteroatoms. The van der Waals surface area contributed by atoms with E-state index in [0.717, 1.165) is 19.6 Å². The van der Waals surface area contributed by atoms with Crippen LogP contribution in [0.25, 0.3) is 5.57 Å². The second kappa shape index (κ2) is 4.93. The van der Waals surface area contributed by atoms with E-state index in [2.05, 4.69) is 37.3 Å². The molecule has 3 rings (SSSR count). The standard InChI is InChI=1S/C17H20O2/c1-17-10-14(13-5-3-2-4-6-13)7-8-16(18)9-15(17)11-19-12-17/h2-6,10,15H,7-9,11-12H2,1H3/b14-10+/t15-,17+/m0/s1. The molecule has 0 bridgehead atoms. The van der Waals surface area contributed by atoms with Gasteiger partial charge in [0.05, 0.1) is 13.2 Å². The molecule has 2 aliphatic rings. The number of rotatable bonds is 1. The van der Waals surface area contributed by atoms with Gasteiger partial charge in [-0.25, -0.2) is 0 Å². The number of allylic oxidation sites excluding steroid dienone is 1.